The normalized spacial score (nSPS) is 14.6. The quantitative estimate of drug-likeness (QED) is 0.909. The van der Waals surface area contributed by atoms with Crippen LogP contribution in [0.25, 0.3) is 0 Å². The second-order valence-electron chi connectivity index (χ2n) is 5.33. The zero-order valence-electron chi connectivity index (χ0n) is 12.4. The number of carbonyl (C=O) groups is 1. The zero-order valence-corrected chi connectivity index (χ0v) is 12.4. The van der Waals surface area contributed by atoms with E-state index in [0.717, 1.165) is 12.1 Å². The molecule has 6 heteroatoms. The van der Waals surface area contributed by atoms with Crippen molar-refractivity contribution >= 4 is 5.91 Å². The summed E-state index contributed by atoms with van der Waals surface area (Å²) in [5.74, 6) is -0.367. The Morgan fingerprint density at radius 1 is 1.24 bits per heavy atom. The molecule has 1 aromatic rings. The lowest BCUT2D eigenvalue weighted by Crippen LogP contribution is -2.42. The second kappa shape index (κ2) is 6.93. The molecule has 2 atom stereocenters. The third-order valence-electron chi connectivity index (χ3n) is 3.59. The van der Waals surface area contributed by atoms with Crippen LogP contribution in [0, 0.1) is 5.92 Å². The average molecular weight is 302 g/mol. The van der Waals surface area contributed by atoms with Crippen LogP contribution in [0.4, 0.5) is 13.2 Å². The van der Waals surface area contributed by atoms with Gasteiger partial charge in [-0.05, 0) is 31.0 Å². The van der Waals surface area contributed by atoms with Gasteiger partial charge in [0.05, 0.1) is 5.56 Å². The number of amides is 1. The Morgan fingerprint density at radius 2 is 1.76 bits per heavy atom. The lowest BCUT2D eigenvalue weighted by atomic mass is 9.98. The van der Waals surface area contributed by atoms with Gasteiger partial charge in [-0.2, -0.15) is 13.2 Å². The summed E-state index contributed by atoms with van der Waals surface area (Å²) in [5.41, 5.74) is 5.55. The molecule has 1 aromatic carbocycles. The van der Waals surface area contributed by atoms with Crippen molar-refractivity contribution in [2.24, 2.45) is 11.7 Å². The molecule has 0 aliphatic rings. The summed E-state index contributed by atoms with van der Waals surface area (Å²) in [7, 11) is 1.68. The van der Waals surface area contributed by atoms with E-state index >= 15 is 0 Å². The molecule has 2 N–H and O–H groups in total. The molecule has 0 radical (unpaired) electrons. The van der Waals surface area contributed by atoms with E-state index in [4.69, 9.17) is 5.73 Å². The standard InChI is InChI=1S/C15H21F3N2O/c1-10(14(21)20(3)11(2)9-19)8-12-4-6-13(7-5-12)15(16,17)18/h4-7,10-11H,8-9,19H2,1-3H3. The van der Waals surface area contributed by atoms with Crippen LogP contribution in [-0.4, -0.2) is 30.4 Å². The fraction of sp³-hybridized carbons (Fsp3) is 0.533. The molecule has 21 heavy (non-hydrogen) atoms. The molecule has 2 unspecified atom stereocenters. The van der Waals surface area contributed by atoms with Crippen LogP contribution < -0.4 is 5.73 Å². The van der Waals surface area contributed by atoms with Gasteiger partial charge in [0.15, 0.2) is 0 Å². The second-order valence-corrected chi connectivity index (χ2v) is 5.33. The molecule has 1 rings (SSSR count). The highest BCUT2D eigenvalue weighted by molar-refractivity contribution is 5.78. The van der Waals surface area contributed by atoms with E-state index in [9.17, 15) is 18.0 Å². The van der Waals surface area contributed by atoms with Gasteiger partial charge in [0.25, 0.3) is 0 Å². The van der Waals surface area contributed by atoms with E-state index in [1.807, 2.05) is 6.92 Å². The minimum atomic E-state index is -4.34. The molecule has 0 fully saturated rings. The summed E-state index contributed by atoms with van der Waals surface area (Å²) < 4.78 is 37.4. The van der Waals surface area contributed by atoms with Gasteiger partial charge in [-0.25, -0.2) is 0 Å². The van der Waals surface area contributed by atoms with Crippen LogP contribution in [0.1, 0.15) is 25.0 Å². The first-order valence-corrected chi connectivity index (χ1v) is 6.79. The van der Waals surface area contributed by atoms with E-state index in [1.165, 1.54) is 12.1 Å². The van der Waals surface area contributed by atoms with Crippen molar-refractivity contribution in [1.82, 2.24) is 4.90 Å². The number of carbonyl (C=O) groups excluding carboxylic acids is 1. The Morgan fingerprint density at radius 3 is 2.19 bits per heavy atom. The fourth-order valence-electron chi connectivity index (χ4n) is 1.99. The molecule has 0 aliphatic heterocycles. The molecule has 0 aromatic heterocycles. The highest BCUT2D eigenvalue weighted by Gasteiger charge is 2.30. The number of nitrogens with two attached hydrogens (primary N) is 1. The molecule has 0 aliphatic carbocycles. The predicted molar refractivity (Wildman–Crippen MR) is 75.6 cm³/mol. The van der Waals surface area contributed by atoms with E-state index in [-0.39, 0.29) is 17.9 Å². The van der Waals surface area contributed by atoms with E-state index in [2.05, 4.69) is 0 Å². The highest BCUT2D eigenvalue weighted by Crippen LogP contribution is 2.29. The third kappa shape index (κ3) is 4.74. The van der Waals surface area contributed by atoms with Crippen molar-refractivity contribution in [2.75, 3.05) is 13.6 Å². The van der Waals surface area contributed by atoms with Crippen molar-refractivity contribution in [3.63, 3.8) is 0 Å². The Kier molecular flexibility index (Phi) is 5.78. The van der Waals surface area contributed by atoms with Crippen molar-refractivity contribution < 1.29 is 18.0 Å². The summed E-state index contributed by atoms with van der Waals surface area (Å²) in [5, 5.41) is 0. The molecule has 0 saturated heterocycles. The molecule has 3 nitrogen and oxygen atoms in total. The first-order chi connectivity index (χ1) is 9.66. The van der Waals surface area contributed by atoms with Gasteiger partial charge in [0.2, 0.25) is 5.91 Å². The number of likely N-dealkylation sites (N-methyl/N-ethyl adjacent to an activating group) is 1. The van der Waals surface area contributed by atoms with Gasteiger partial charge in [-0.3, -0.25) is 4.79 Å². The van der Waals surface area contributed by atoms with Gasteiger partial charge in [0, 0.05) is 25.6 Å². The monoisotopic (exact) mass is 302 g/mol. The van der Waals surface area contributed by atoms with Crippen molar-refractivity contribution in [1.29, 1.82) is 0 Å². The molecular formula is C15H21F3N2O. The summed E-state index contributed by atoms with van der Waals surface area (Å²) >= 11 is 0. The third-order valence-corrected chi connectivity index (χ3v) is 3.59. The van der Waals surface area contributed by atoms with Crippen LogP contribution in [0.15, 0.2) is 24.3 Å². The van der Waals surface area contributed by atoms with Gasteiger partial charge in [-0.1, -0.05) is 19.1 Å². The van der Waals surface area contributed by atoms with Gasteiger partial charge >= 0.3 is 6.18 Å². The Balaban J connectivity index is 2.71. The molecule has 0 bridgehead atoms. The van der Waals surface area contributed by atoms with Crippen LogP contribution in [0.5, 0.6) is 0 Å². The minimum Gasteiger partial charge on any atom is -0.342 e. The van der Waals surface area contributed by atoms with Crippen molar-refractivity contribution in [3.05, 3.63) is 35.4 Å². The van der Waals surface area contributed by atoms with Crippen molar-refractivity contribution in [2.45, 2.75) is 32.5 Å². The topological polar surface area (TPSA) is 46.3 Å². The fourth-order valence-corrected chi connectivity index (χ4v) is 1.99. The summed E-state index contributed by atoms with van der Waals surface area (Å²) in [4.78, 5) is 13.7. The van der Waals surface area contributed by atoms with Crippen LogP contribution >= 0.6 is 0 Å². The maximum atomic E-state index is 12.5. The highest BCUT2D eigenvalue weighted by atomic mass is 19.4. The number of halogens is 3. The van der Waals surface area contributed by atoms with E-state index in [0.29, 0.717) is 18.5 Å². The molecule has 1 amide bonds. The summed E-state index contributed by atoms with van der Waals surface area (Å²) in [6, 6.07) is 4.85. The first kappa shape index (κ1) is 17.5. The lowest BCUT2D eigenvalue weighted by molar-refractivity contribution is -0.138. The lowest BCUT2D eigenvalue weighted by Gasteiger charge is -2.26. The smallest absolute Gasteiger partial charge is 0.342 e. The van der Waals surface area contributed by atoms with Crippen LogP contribution in [-0.2, 0) is 17.4 Å². The van der Waals surface area contributed by atoms with Gasteiger partial charge < -0.3 is 10.6 Å². The van der Waals surface area contributed by atoms with E-state index < -0.39 is 11.7 Å². The van der Waals surface area contributed by atoms with Crippen molar-refractivity contribution in [3.8, 4) is 0 Å². The van der Waals surface area contributed by atoms with Gasteiger partial charge in [0.1, 0.15) is 0 Å². The maximum Gasteiger partial charge on any atom is 0.416 e. The molecule has 0 saturated carbocycles. The first-order valence-electron chi connectivity index (χ1n) is 6.79. The Hall–Kier alpha value is -1.56. The van der Waals surface area contributed by atoms with Crippen LogP contribution in [0.3, 0.4) is 0 Å². The largest absolute Gasteiger partial charge is 0.416 e. The Labute approximate surface area is 122 Å². The van der Waals surface area contributed by atoms with E-state index in [1.54, 1.807) is 18.9 Å². The van der Waals surface area contributed by atoms with Gasteiger partial charge in [-0.15, -0.1) is 0 Å². The number of rotatable bonds is 5. The number of hydrogen-bond donors (Lipinski definition) is 1. The average Bonchev–Trinajstić information content (AvgIpc) is 2.44. The van der Waals surface area contributed by atoms with Crippen LogP contribution in [0.2, 0.25) is 0 Å². The SMILES string of the molecule is CC(Cc1ccc(C(F)(F)F)cc1)C(=O)N(C)C(C)CN. The predicted octanol–water partition coefficient (Wildman–Crippen LogP) is 2.69. The molecule has 0 heterocycles. The summed E-state index contributed by atoms with van der Waals surface area (Å²) in [6.45, 7) is 3.98. The number of hydrogen-bond acceptors (Lipinski definition) is 2. The number of benzene rings is 1. The Bertz CT molecular complexity index is 471. The number of nitrogens with zero attached hydrogens (tertiary/aromatic N) is 1. The molecule has 0 spiro atoms. The maximum absolute atomic E-state index is 12.5. The minimum absolute atomic E-state index is 0.0622. The zero-order chi connectivity index (χ0) is 16.2. The number of alkyl halides is 3. The summed E-state index contributed by atoms with van der Waals surface area (Å²) in [6.07, 6.45) is -3.94. The molecular weight excluding hydrogens is 281 g/mol. The molecule has 118 valence electrons.